The summed E-state index contributed by atoms with van der Waals surface area (Å²) in [6.45, 7) is 12.4. The standard InChI is InChI=1S/C16H29N3O/c1-6-7-19-10-13(17)8-15(19)16(20)18-9-14(11(2)3)12(4)5/h8,10-12,14H,6-7,9,17H2,1-5H3,(H,18,20). The summed E-state index contributed by atoms with van der Waals surface area (Å²) >= 11 is 0. The maximum atomic E-state index is 12.3. The van der Waals surface area contributed by atoms with Gasteiger partial charge in [0.15, 0.2) is 0 Å². The summed E-state index contributed by atoms with van der Waals surface area (Å²) in [5, 5.41) is 3.06. The van der Waals surface area contributed by atoms with Crippen LogP contribution in [0.15, 0.2) is 12.3 Å². The number of carbonyl (C=O) groups excluding carboxylic acids is 1. The van der Waals surface area contributed by atoms with Gasteiger partial charge in [0.25, 0.3) is 5.91 Å². The number of aromatic nitrogens is 1. The van der Waals surface area contributed by atoms with E-state index in [0.29, 0.717) is 35.7 Å². The van der Waals surface area contributed by atoms with E-state index in [1.54, 1.807) is 6.07 Å². The average Bonchev–Trinajstić information content (AvgIpc) is 2.70. The first-order valence-electron chi connectivity index (χ1n) is 7.60. The molecule has 0 saturated heterocycles. The van der Waals surface area contributed by atoms with E-state index in [2.05, 4.69) is 39.9 Å². The van der Waals surface area contributed by atoms with Crippen LogP contribution in [-0.2, 0) is 6.54 Å². The van der Waals surface area contributed by atoms with Crippen molar-refractivity contribution in [2.24, 2.45) is 17.8 Å². The number of nitrogens with zero attached hydrogens (tertiary/aromatic N) is 1. The first-order chi connectivity index (χ1) is 9.36. The fraction of sp³-hybridized carbons (Fsp3) is 0.688. The van der Waals surface area contributed by atoms with Crippen molar-refractivity contribution >= 4 is 11.6 Å². The van der Waals surface area contributed by atoms with Gasteiger partial charge in [-0.1, -0.05) is 34.6 Å². The van der Waals surface area contributed by atoms with Gasteiger partial charge in [-0.15, -0.1) is 0 Å². The molecule has 0 saturated carbocycles. The number of hydrogen-bond donors (Lipinski definition) is 2. The Bertz CT molecular complexity index is 427. The Balaban J connectivity index is 2.71. The molecule has 4 nitrogen and oxygen atoms in total. The number of rotatable bonds is 7. The molecular weight excluding hydrogens is 250 g/mol. The van der Waals surface area contributed by atoms with Crippen LogP contribution in [0.1, 0.15) is 51.5 Å². The van der Waals surface area contributed by atoms with Gasteiger partial charge in [0.2, 0.25) is 0 Å². The Morgan fingerprint density at radius 3 is 2.40 bits per heavy atom. The minimum absolute atomic E-state index is 0.0264. The largest absolute Gasteiger partial charge is 0.397 e. The van der Waals surface area contributed by atoms with Gasteiger partial charge < -0.3 is 15.6 Å². The molecule has 0 spiro atoms. The van der Waals surface area contributed by atoms with Gasteiger partial charge >= 0.3 is 0 Å². The molecule has 1 aromatic rings. The summed E-state index contributed by atoms with van der Waals surface area (Å²) in [5.74, 6) is 1.58. The smallest absolute Gasteiger partial charge is 0.267 e. The third-order valence-electron chi connectivity index (χ3n) is 3.83. The lowest BCUT2D eigenvalue weighted by Gasteiger charge is -2.25. The van der Waals surface area contributed by atoms with Crippen LogP contribution in [-0.4, -0.2) is 17.0 Å². The summed E-state index contributed by atoms with van der Waals surface area (Å²) in [5.41, 5.74) is 7.11. The van der Waals surface area contributed by atoms with Crippen molar-refractivity contribution < 1.29 is 4.79 Å². The first-order valence-corrected chi connectivity index (χ1v) is 7.60. The number of nitrogens with two attached hydrogens (primary N) is 1. The lowest BCUT2D eigenvalue weighted by Crippen LogP contribution is -2.34. The molecule has 1 rings (SSSR count). The normalized spacial score (nSPS) is 11.6. The number of amides is 1. The zero-order valence-electron chi connectivity index (χ0n) is 13.4. The quantitative estimate of drug-likeness (QED) is 0.805. The number of nitrogen functional groups attached to an aromatic ring is 1. The van der Waals surface area contributed by atoms with Gasteiger partial charge in [-0.2, -0.15) is 0 Å². The van der Waals surface area contributed by atoms with E-state index in [0.717, 1.165) is 13.0 Å². The van der Waals surface area contributed by atoms with Crippen molar-refractivity contribution in [3.8, 4) is 0 Å². The lowest BCUT2D eigenvalue weighted by atomic mass is 9.85. The fourth-order valence-corrected chi connectivity index (χ4v) is 2.69. The van der Waals surface area contributed by atoms with Crippen molar-refractivity contribution in [3.63, 3.8) is 0 Å². The van der Waals surface area contributed by atoms with Crippen molar-refractivity contribution in [2.75, 3.05) is 12.3 Å². The number of aryl methyl sites for hydroxylation is 1. The van der Waals surface area contributed by atoms with Gasteiger partial charge in [-0.05, 0) is 30.2 Å². The molecule has 0 atom stereocenters. The molecule has 0 unspecified atom stereocenters. The van der Waals surface area contributed by atoms with Crippen LogP contribution in [0.25, 0.3) is 0 Å². The molecule has 3 N–H and O–H groups in total. The highest BCUT2D eigenvalue weighted by Gasteiger charge is 2.19. The summed E-state index contributed by atoms with van der Waals surface area (Å²) in [7, 11) is 0. The SMILES string of the molecule is CCCn1cc(N)cc1C(=O)NCC(C(C)C)C(C)C. The summed E-state index contributed by atoms with van der Waals surface area (Å²) < 4.78 is 1.93. The van der Waals surface area contributed by atoms with Crippen molar-refractivity contribution in [3.05, 3.63) is 18.0 Å². The van der Waals surface area contributed by atoms with E-state index in [-0.39, 0.29) is 5.91 Å². The van der Waals surface area contributed by atoms with Gasteiger partial charge in [0.1, 0.15) is 5.69 Å². The lowest BCUT2D eigenvalue weighted by molar-refractivity contribution is 0.0927. The van der Waals surface area contributed by atoms with Gasteiger partial charge in [-0.25, -0.2) is 0 Å². The highest BCUT2D eigenvalue weighted by molar-refractivity contribution is 5.93. The molecule has 0 aliphatic carbocycles. The number of anilines is 1. The molecule has 0 fully saturated rings. The van der Waals surface area contributed by atoms with E-state index in [9.17, 15) is 4.79 Å². The van der Waals surface area contributed by atoms with Crippen LogP contribution in [0.4, 0.5) is 5.69 Å². The van der Waals surface area contributed by atoms with Crippen LogP contribution >= 0.6 is 0 Å². The third-order valence-corrected chi connectivity index (χ3v) is 3.83. The molecule has 0 aliphatic heterocycles. The average molecular weight is 279 g/mol. The predicted octanol–water partition coefficient (Wildman–Crippen LogP) is 3.14. The second-order valence-electron chi connectivity index (χ2n) is 6.21. The Kier molecular flexibility index (Phi) is 6.11. The van der Waals surface area contributed by atoms with Crippen LogP contribution in [0, 0.1) is 17.8 Å². The highest BCUT2D eigenvalue weighted by atomic mass is 16.1. The van der Waals surface area contributed by atoms with Gasteiger partial charge in [-0.3, -0.25) is 4.79 Å². The van der Waals surface area contributed by atoms with E-state index in [1.165, 1.54) is 0 Å². The molecule has 114 valence electrons. The van der Waals surface area contributed by atoms with E-state index >= 15 is 0 Å². The molecule has 4 heteroatoms. The summed E-state index contributed by atoms with van der Waals surface area (Å²) in [4.78, 5) is 12.3. The van der Waals surface area contributed by atoms with E-state index in [4.69, 9.17) is 5.73 Å². The van der Waals surface area contributed by atoms with Crippen LogP contribution in [0.3, 0.4) is 0 Å². The van der Waals surface area contributed by atoms with Gasteiger partial charge in [0.05, 0.1) is 5.69 Å². The highest BCUT2D eigenvalue weighted by Crippen LogP contribution is 2.20. The molecule has 1 amide bonds. The van der Waals surface area contributed by atoms with Crippen molar-refractivity contribution in [1.82, 2.24) is 9.88 Å². The Morgan fingerprint density at radius 1 is 1.30 bits per heavy atom. The molecule has 0 aliphatic rings. The molecule has 0 bridgehead atoms. The number of carbonyl (C=O) groups is 1. The fourth-order valence-electron chi connectivity index (χ4n) is 2.69. The van der Waals surface area contributed by atoms with E-state index in [1.807, 2.05) is 10.8 Å². The monoisotopic (exact) mass is 279 g/mol. The molecular formula is C16H29N3O. The van der Waals surface area contributed by atoms with Crippen LogP contribution in [0.2, 0.25) is 0 Å². The molecule has 0 aromatic carbocycles. The van der Waals surface area contributed by atoms with Crippen molar-refractivity contribution in [1.29, 1.82) is 0 Å². The van der Waals surface area contributed by atoms with E-state index < -0.39 is 0 Å². The van der Waals surface area contributed by atoms with Crippen LogP contribution in [0.5, 0.6) is 0 Å². The maximum absolute atomic E-state index is 12.3. The summed E-state index contributed by atoms with van der Waals surface area (Å²) in [6, 6.07) is 1.75. The second-order valence-corrected chi connectivity index (χ2v) is 6.21. The maximum Gasteiger partial charge on any atom is 0.267 e. The first kappa shape index (κ1) is 16.6. The molecule has 1 aromatic heterocycles. The van der Waals surface area contributed by atoms with Crippen molar-refractivity contribution in [2.45, 2.75) is 47.6 Å². The topological polar surface area (TPSA) is 60.0 Å². The molecule has 1 heterocycles. The second kappa shape index (κ2) is 7.36. The zero-order chi connectivity index (χ0) is 15.3. The van der Waals surface area contributed by atoms with Gasteiger partial charge in [0, 0.05) is 19.3 Å². The molecule has 20 heavy (non-hydrogen) atoms. The minimum atomic E-state index is -0.0264. The third kappa shape index (κ3) is 4.29. The Hall–Kier alpha value is -1.45. The number of hydrogen-bond acceptors (Lipinski definition) is 2. The molecule has 0 radical (unpaired) electrons. The Labute approximate surface area is 122 Å². The van der Waals surface area contributed by atoms with Crippen LogP contribution < -0.4 is 11.1 Å². The zero-order valence-corrected chi connectivity index (χ0v) is 13.4. The predicted molar refractivity (Wildman–Crippen MR) is 84.6 cm³/mol. The summed E-state index contributed by atoms with van der Waals surface area (Å²) in [6.07, 6.45) is 2.82. The Morgan fingerprint density at radius 2 is 1.90 bits per heavy atom. The minimum Gasteiger partial charge on any atom is -0.397 e. The number of nitrogens with one attached hydrogen (secondary N) is 1.